The molecule has 1 saturated heterocycles. The number of aryl methyl sites for hydroxylation is 1. The zero-order chi connectivity index (χ0) is 16.9. The molecule has 0 spiro atoms. The normalized spacial score (nSPS) is 17.0. The number of carbonyl (C=O) groups is 1. The predicted octanol–water partition coefficient (Wildman–Crippen LogP) is 1.84. The van der Waals surface area contributed by atoms with Gasteiger partial charge in [-0.3, -0.25) is 9.89 Å². The van der Waals surface area contributed by atoms with Gasteiger partial charge in [-0.05, 0) is 37.2 Å². The van der Waals surface area contributed by atoms with Gasteiger partial charge < -0.3 is 15.7 Å². The van der Waals surface area contributed by atoms with Crippen LogP contribution in [0.5, 0.6) is 0 Å². The number of carbonyl (C=O) groups excluding carboxylic acids is 1. The van der Waals surface area contributed by atoms with Gasteiger partial charge in [-0.25, -0.2) is 0 Å². The summed E-state index contributed by atoms with van der Waals surface area (Å²) in [7, 11) is 0. The molecular formula is C18H24N4O2. The van der Waals surface area contributed by atoms with Gasteiger partial charge in [0.2, 0.25) is 0 Å². The van der Waals surface area contributed by atoms with Crippen molar-refractivity contribution in [2.45, 2.75) is 31.8 Å². The minimum atomic E-state index is -0.315. The number of nitrogen functional groups attached to an aromatic ring is 1. The molecule has 1 aliphatic heterocycles. The lowest BCUT2D eigenvalue weighted by Gasteiger charge is -2.34. The first-order valence-electron chi connectivity index (χ1n) is 8.45. The van der Waals surface area contributed by atoms with E-state index in [1.54, 1.807) is 11.0 Å². The number of nitrogens with one attached hydrogen (secondary N) is 1. The van der Waals surface area contributed by atoms with Crippen molar-refractivity contribution in [2.75, 3.05) is 18.8 Å². The molecule has 0 bridgehead atoms. The van der Waals surface area contributed by atoms with Crippen LogP contribution >= 0.6 is 0 Å². The number of piperidine rings is 1. The van der Waals surface area contributed by atoms with Crippen molar-refractivity contribution >= 4 is 11.7 Å². The largest absolute Gasteiger partial charge is 0.393 e. The first kappa shape index (κ1) is 16.5. The lowest BCUT2D eigenvalue weighted by molar-refractivity contribution is 0.0433. The van der Waals surface area contributed by atoms with E-state index in [1.807, 2.05) is 18.2 Å². The van der Waals surface area contributed by atoms with Crippen LogP contribution in [0.4, 0.5) is 5.82 Å². The fourth-order valence-corrected chi connectivity index (χ4v) is 3.30. The summed E-state index contributed by atoms with van der Waals surface area (Å²) >= 11 is 0. The number of amides is 1. The highest BCUT2D eigenvalue weighted by atomic mass is 16.3. The van der Waals surface area contributed by atoms with E-state index in [2.05, 4.69) is 22.3 Å². The van der Waals surface area contributed by atoms with Crippen LogP contribution in [0.15, 0.2) is 36.4 Å². The third kappa shape index (κ3) is 3.94. The molecule has 1 fully saturated rings. The van der Waals surface area contributed by atoms with Crippen molar-refractivity contribution < 1.29 is 9.90 Å². The molecule has 1 aromatic heterocycles. The monoisotopic (exact) mass is 328 g/mol. The second-order valence-electron chi connectivity index (χ2n) is 6.43. The Morgan fingerprint density at radius 1 is 1.33 bits per heavy atom. The first-order valence-corrected chi connectivity index (χ1v) is 8.45. The molecule has 1 aromatic carbocycles. The number of hydrogen-bond donors (Lipinski definition) is 3. The number of H-pyrrole nitrogens is 1. The highest BCUT2D eigenvalue weighted by Gasteiger charge is 2.28. The van der Waals surface area contributed by atoms with Crippen LogP contribution in [-0.4, -0.2) is 45.3 Å². The summed E-state index contributed by atoms with van der Waals surface area (Å²) in [5.41, 5.74) is 7.22. The predicted molar refractivity (Wildman–Crippen MR) is 92.4 cm³/mol. The Labute approximate surface area is 141 Å². The maximum Gasteiger partial charge on any atom is 0.271 e. The Morgan fingerprint density at radius 3 is 2.67 bits per heavy atom. The van der Waals surface area contributed by atoms with Crippen molar-refractivity contribution in [3.63, 3.8) is 0 Å². The number of aliphatic hydroxyl groups excluding tert-OH is 1. The van der Waals surface area contributed by atoms with Crippen LogP contribution in [0.3, 0.4) is 0 Å². The molecule has 0 saturated carbocycles. The van der Waals surface area contributed by atoms with Gasteiger partial charge in [0.25, 0.3) is 5.91 Å². The molecule has 0 unspecified atom stereocenters. The second-order valence-corrected chi connectivity index (χ2v) is 6.43. The summed E-state index contributed by atoms with van der Waals surface area (Å²) in [6, 6.07) is 11.8. The van der Waals surface area contributed by atoms with E-state index >= 15 is 0 Å². The summed E-state index contributed by atoms with van der Waals surface area (Å²) in [6.45, 7) is 1.32. The van der Waals surface area contributed by atoms with Gasteiger partial charge in [-0.2, -0.15) is 5.10 Å². The maximum absolute atomic E-state index is 12.3. The average Bonchev–Trinajstić information content (AvgIpc) is 3.06. The molecule has 1 atom stereocenters. The van der Waals surface area contributed by atoms with Crippen LogP contribution in [0.1, 0.15) is 35.3 Å². The van der Waals surface area contributed by atoms with Crippen molar-refractivity contribution in [2.24, 2.45) is 5.92 Å². The zero-order valence-corrected chi connectivity index (χ0v) is 13.7. The summed E-state index contributed by atoms with van der Waals surface area (Å²) < 4.78 is 0. The highest BCUT2D eigenvalue weighted by Crippen LogP contribution is 2.24. The summed E-state index contributed by atoms with van der Waals surface area (Å²) in [6.07, 6.45) is 2.98. The maximum atomic E-state index is 12.3. The lowest BCUT2D eigenvalue weighted by Crippen LogP contribution is -2.41. The number of likely N-dealkylation sites (tertiary alicyclic amines) is 1. The molecule has 0 radical (unpaired) electrons. The molecule has 128 valence electrons. The Kier molecular flexibility index (Phi) is 5.15. The molecular weight excluding hydrogens is 304 g/mol. The van der Waals surface area contributed by atoms with Gasteiger partial charge in [0, 0.05) is 19.2 Å². The Bertz CT molecular complexity index is 663. The summed E-state index contributed by atoms with van der Waals surface area (Å²) in [5.74, 6) is 0.505. The highest BCUT2D eigenvalue weighted by molar-refractivity contribution is 5.93. The van der Waals surface area contributed by atoms with Gasteiger partial charge in [0.05, 0.1) is 6.10 Å². The Balaban J connectivity index is 1.46. The van der Waals surface area contributed by atoms with E-state index in [0.717, 1.165) is 25.7 Å². The van der Waals surface area contributed by atoms with Crippen molar-refractivity contribution in [1.29, 1.82) is 0 Å². The summed E-state index contributed by atoms with van der Waals surface area (Å²) in [5, 5.41) is 16.9. The molecule has 6 heteroatoms. The standard InChI is InChI=1S/C18H24N4O2/c19-17-12-15(20-21-17)18(24)22-10-8-14(9-11-22)16(23)7-6-13-4-2-1-3-5-13/h1-5,12,14,16,23H,6-11H2,(H3,19,20,21)/t16-/m1/s1. The van der Waals surface area contributed by atoms with Crippen LogP contribution in [-0.2, 0) is 6.42 Å². The minimum absolute atomic E-state index is 0.0728. The SMILES string of the molecule is Nc1cc(C(=O)N2CCC([C@H](O)CCc3ccccc3)CC2)[nH]n1. The number of hydrogen-bond acceptors (Lipinski definition) is 4. The van der Waals surface area contributed by atoms with E-state index in [-0.39, 0.29) is 17.9 Å². The van der Waals surface area contributed by atoms with E-state index in [0.29, 0.717) is 24.6 Å². The first-order chi connectivity index (χ1) is 11.6. The number of anilines is 1. The third-order valence-electron chi connectivity index (χ3n) is 4.77. The van der Waals surface area contributed by atoms with E-state index in [1.165, 1.54) is 5.56 Å². The van der Waals surface area contributed by atoms with Gasteiger partial charge in [-0.1, -0.05) is 30.3 Å². The van der Waals surface area contributed by atoms with Gasteiger partial charge in [0.1, 0.15) is 11.5 Å². The van der Waals surface area contributed by atoms with Crippen LogP contribution < -0.4 is 5.73 Å². The molecule has 2 heterocycles. The fraction of sp³-hybridized carbons (Fsp3) is 0.444. The van der Waals surface area contributed by atoms with Crippen LogP contribution in [0, 0.1) is 5.92 Å². The number of aromatic nitrogens is 2. The topological polar surface area (TPSA) is 95.2 Å². The molecule has 2 aromatic rings. The lowest BCUT2D eigenvalue weighted by atomic mass is 9.88. The summed E-state index contributed by atoms with van der Waals surface area (Å²) in [4.78, 5) is 14.1. The molecule has 24 heavy (non-hydrogen) atoms. The fourth-order valence-electron chi connectivity index (χ4n) is 3.30. The average molecular weight is 328 g/mol. The van der Waals surface area contributed by atoms with E-state index in [9.17, 15) is 9.90 Å². The molecule has 3 rings (SSSR count). The number of benzene rings is 1. The minimum Gasteiger partial charge on any atom is -0.393 e. The van der Waals surface area contributed by atoms with E-state index in [4.69, 9.17) is 5.73 Å². The van der Waals surface area contributed by atoms with E-state index < -0.39 is 0 Å². The van der Waals surface area contributed by atoms with Gasteiger partial charge >= 0.3 is 0 Å². The Hall–Kier alpha value is -2.34. The number of aromatic amines is 1. The molecule has 0 aliphatic carbocycles. The number of rotatable bonds is 5. The number of aliphatic hydroxyl groups is 1. The molecule has 1 aliphatic rings. The van der Waals surface area contributed by atoms with Gasteiger partial charge in [-0.15, -0.1) is 0 Å². The number of nitrogens with two attached hydrogens (primary N) is 1. The van der Waals surface area contributed by atoms with Gasteiger partial charge in [0.15, 0.2) is 0 Å². The second kappa shape index (κ2) is 7.49. The molecule has 4 N–H and O–H groups in total. The van der Waals surface area contributed by atoms with Crippen LogP contribution in [0.2, 0.25) is 0 Å². The molecule has 1 amide bonds. The third-order valence-corrected chi connectivity index (χ3v) is 4.77. The molecule has 6 nitrogen and oxygen atoms in total. The zero-order valence-electron chi connectivity index (χ0n) is 13.7. The van der Waals surface area contributed by atoms with Crippen molar-refractivity contribution in [3.8, 4) is 0 Å². The van der Waals surface area contributed by atoms with Crippen LogP contribution in [0.25, 0.3) is 0 Å². The van der Waals surface area contributed by atoms with Crippen molar-refractivity contribution in [1.82, 2.24) is 15.1 Å². The number of nitrogens with zero attached hydrogens (tertiary/aromatic N) is 2. The quantitative estimate of drug-likeness (QED) is 0.780. The Morgan fingerprint density at radius 2 is 2.04 bits per heavy atom. The van der Waals surface area contributed by atoms with Crippen molar-refractivity contribution in [3.05, 3.63) is 47.7 Å². The smallest absolute Gasteiger partial charge is 0.271 e.